The number of benzene rings is 2. The number of piperazine rings is 1. The van der Waals surface area contributed by atoms with E-state index in [-0.39, 0.29) is 0 Å². The van der Waals surface area contributed by atoms with Crippen LogP contribution >= 0.6 is 0 Å². The number of hydrogen-bond donors (Lipinski definition) is 0. The molecule has 1 amide bonds. The van der Waals surface area contributed by atoms with Gasteiger partial charge in [0, 0.05) is 56.8 Å². The van der Waals surface area contributed by atoms with Gasteiger partial charge in [0.1, 0.15) is 5.84 Å². The van der Waals surface area contributed by atoms with Crippen molar-refractivity contribution < 1.29 is 13.9 Å². The van der Waals surface area contributed by atoms with Crippen LogP contribution in [0.5, 0.6) is 0 Å². The second-order valence-corrected chi connectivity index (χ2v) is 8.62. The largest absolute Gasteiger partial charge is 0.467 e. The molecule has 4 rings (SSSR count). The Bertz CT molecular complexity index is 1120. The SMILES string of the molecule is C=C(F)C(=O)N1CCN(C2=NC(OC)=NCCN(c3cccc4cccc(C)c34)CCC2)CC1. The maximum absolute atomic E-state index is 13.2. The summed E-state index contributed by atoms with van der Waals surface area (Å²) >= 11 is 0. The molecule has 0 N–H and O–H groups in total. The minimum absolute atomic E-state index is 0.363. The monoisotopic (exact) mass is 465 g/mol. The number of methoxy groups -OCH3 is 1. The van der Waals surface area contributed by atoms with Gasteiger partial charge >= 0.3 is 6.02 Å². The standard InChI is InChI=1S/C26H32FN5O2/c1-19-7-4-8-21-9-5-10-22(24(19)21)30-13-6-11-23(29-26(34-3)28-12-14-30)31-15-17-32(18-16-31)25(33)20(2)27/h4-5,7-10H,2,6,11-18H2,1,3H3. The predicted molar refractivity (Wildman–Crippen MR) is 135 cm³/mol. The van der Waals surface area contributed by atoms with Crippen molar-refractivity contribution in [3.63, 3.8) is 0 Å². The molecule has 0 aliphatic carbocycles. The fraction of sp³-hybridized carbons (Fsp3) is 0.423. The minimum Gasteiger partial charge on any atom is -0.467 e. The van der Waals surface area contributed by atoms with Crippen molar-refractivity contribution in [3.8, 4) is 0 Å². The van der Waals surface area contributed by atoms with E-state index < -0.39 is 11.7 Å². The molecule has 0 saturated carbocycles. The number of carbonyl (C=O) groups is 1. The first-order valence-electron chi connectivity index (χ1n) is 11.8. The molecule has 2 aromatic carbocycles. The highest BCUT2D eigenvalue weighted by atomic mass is 19.1. The molecular weight excluding hydrogens is 433 g/mol. The maximum atomic E-state index is 13.2. The van der Waals surface area contributed by atoms with E-state index >= 15 is 0 Å². The van der Waals surface area contributed by atoms with Gasteiger partial charge in [0.15, 0.2) is 5.83 Å². The minimum atomic E-state index is -0.915. The van der Waals surface area contributed by atoms with Crippen LogP contribution in [0.1, 0.15) is 18.4 Å². The van der Waals surface area contributed by atoms with Gasteiger partial charge in [-0.2, -0.15) is 4.99 Å². The van der Waals surface area contributed by atoms with Gasteiger partial charge in [-0.1, -0.05) is 36.9 Å². The van der Waals surface area contributed by atoms with Gasteiger partial charge in [-0.25, -0.2) is 9.38 Å². The number of aryl methyl sites for hydroxylation is 1. The van der Waals surface area contributed by atoms with Crippen LogP contribution in [-0.2, 0) is 9.53 Å². The Balaban J connectivity index is 1.52. The summed E-state index contributed by atoms with van der Waals surface area (Å²) in [5.41, 5.74) is 2.49. The highest BCUT2D eigenvalue weighted by Gasteiger charge is 2.25. The number of carbonyl (C=O) groups excluding carboxylic acids is 1. The van der Waals surface area contributed by atoms with E-state index in [4.69, 9.17) is 9.73 Å². The molecule has 2 heterocycles. The fourth-order valence-corrected chi connectivity index (χ4v) is 4.70. The van der Waals surface area contributed by atoms with Crippen molar-refractivity contribution in [3.05, 3.63) is 54.4 Å². The summed E-state index contributed by atoms with van der Waals surface area (Å²) in [6.45, 7) is 9.54. The highest BCUT2D eigenvalue weighted by Crippen LogP contribution is 2.30. The lowest BCUT2D eigenvalue weighted by atomic mass is 10.0. The van der Waals surface area contributed by atoms with Gasteiger partial charge in [-0.15, -0.1) is 0 Å². The Kier molecular flexibility index (Phi) is 7.45. The van der Waals surface area contributed by atoms with Crippen molar-refractivity contribution >= 4 is 34.2 Å². The summed E-state index contributed by atoms with van der Waals surface area (Å²) in [7, 11) is 1.58. The smallest absolute Gasteiger partial charge is 0.313 e. The first-order chi connectivity index (χ1) is 16.5. The van der Waals surface area contributed by atoms with Crippen LogP contribution in [0.2, 0.25) is 0 Å². The van der Waals surface area contributed by atoms with Crippen molar-refractivity contribution in [2.75, 3.05) is 57.8 Å². The van der Waals surface area contributed by atoms with E-state index in [1.165, 1.54) is 26.9 Å². The Morgan fingerprint density at radius 2 is 1.76 bits per heavy atom. The Morgan fingerprint density at radius 1 is 1.03 bits per heavy atom. The third kappa shape index (κ3) is 5.21. The quantitative estimate of drug-likeness (QED) is 0.634. The van der Waals surface area contributed by atoms with Crippen LogP contribution < -0.4 is 4.90 Å². The molecule has 2 aromatic rings. The van der Waals surface area contributed by atoms with Gasteiger partial charge in [0.05, 0.1) is 13.7 Å². The highest BCUT2D eigenvalue weighted by molar-refractivity contribution is 5.97. The van der Waals surface area contributed by atoms with Crippen molar-refractivity contribution in [1.29, 1.82) is 0 Å². The molecule has 34 heavy (non-hydrogen) atoms. The van der Waals surface area contributed by atoms with Crippen molar-refractivity contribution in [1.82, 2.24) is 9.80 Å². The van der Waals surface area contributed by atoms with Gasteiger partial charge in [-0.05, 0) is 30.4 Å². The molecule has 2 aliphatic heterocycles. The molecule has 2 aliphatic rings. The zero-order chi connectivity index (χ0) is 24.1. The third-order valence-electron chi connectivity index (χ3n) is 6.45. The number of amides is 1. The van der Waals surface area contributed by atoms with E-state index in [0.717, 1.165) is 31.8 Å². The lowest BCUT2D eigenvalue weighted by Crippen LogP contribution is -2.51. The number of nitrogens with zero attached hydrogens (tertiary/aromatic N) is 5. The number of amidine groups is 2. The number of anilines is 1. The molecule has 0 aromatic heterocycles. The van der Waals surface area contributed by atoms with Crippen molar-refractivity contribution in [2.24, 2.45) is 9.98 Å². The van der Waals surface area contributed by atoms with Crippen LogP contribution in [0.3, 0.4) is 0 Å². The molecule has 0 unspecified atom stereocenters. The molecule has 1 saturated heterocycles. The average Bonchev–Trinajstić information content (AvgIpc) is 2.86. The van der Waals surface area contributed by atoms with E-state index in [1.807, 2.05) is 0 Å². The van der Waals surface area contributed by atoms with E-state index in [1.54, 1.807) is 7.11 Å². The first-order valence-corrected chi connectivity index (χ1v) is 11.8. The van der Waals surface area contributed by atoms with E-state index in [2.05, 4.69) is 64.7 Å². The number of fused-ring (bicyclic) bond motifs is 1. The normalized spacial score (nSPS) is 17.8. The summed E-state index contributed by atoms with van der Waals surface area (Å²) in [5, 5.41) is 2.52. The zero-order valence-corrected chi connectivity index (χ0v) is 20.0. The lowest BCUT2D eigenvalue weighted by molar-refractivity contribution is -0.129. The van der Waals surface area contributed by atoms with E-state index in [9.17, 15) is 9.18 Å². The van der Waals surface area contributed by atoms with Gasteiger partial charge < -0.3 is 19.4 Å². The van der Waals surface area contributed by atoms with Crippen LogP contribution in [-0.4, -0.2) is 80.5 Å². The van der Waals surface area contributed by atoms with Gasteiger partial charge in [0.25, 0.3) is 5.91 Å². The molecule has 0 radical (unpaired) electrons. The van der Waals surface area contributed by atoms with Crippen molar-refractivity contribution in [2.45, 2.75) is 19.8 Å². The molecule has 0 spiro atoms. The summed E-state index contributed by atoms with van der Waals surface area (Å²) < 4.78 is 18.7. The Hall–Kier alpha value is -3.42. The number of ether oxygens (including phenoxy) is 1. The second kappa shape index (κ2) is 10.7. The van der Waals surface area contributed by atoms with Gasteiger partial charge in [-0.3, -0.25) is 4.79 Å². The van der Waals surface area contributed by atoms with Crippen LogP contribution in [0.15, 0.2) is 58.8 Å². The summed E-state index contributed by atoms with van der Waals surface area (Å²) in [6.07, 6.45) is 1.67. The first kappa shape index (κ1) is 23.7. The number of hydrogen-bond acceptors (Lipinski definition) is 6. The van der Waals surface area contributed by atoms with Crippen LogP contribution in [0.25, 0.3) is 10.8 Å². The fourth-order valence-electron chi connectivity index (χ4n) is 4.70. The lowest BCUT2D eigenvalue weighted by Gasteiger charge is -2.36. The number of rotatable bonds is 2. The third-order valence-corrected chi connectivity index (χ3v) is 6.45. The summed E-state index contributed by atoms with van der Waals surface area (Å²) in [5.74, 6) is -0.655. The van der Waals surface area contributed by atoms with Crippen LogP contribution in [0, 0.1) is 6.92 Å². The molecule has 8 heteroatoms. The summed E-state index contributed by atoms with van der Waals surface area (Å²) in [4.78, 5) is 27.3. The van der Waals surface area contributed by atoms with E-state index in [0.29, 0.717) is 38.7 Å². The molecule has 0 atom stereocenters. The second-order valence-electron chi connectivity index (χ2n) is 8.62. The molecule has 1 fully saturated rings. The average molecular weight is 466 g/mol. The van der Waals surface area contributed by atoms with Crippen LogP contribution in [0.4, 0.5) is 10.1 Å². The number of halogens is 1. The summed E-state index contributed by atoms with van der Waals surface area (Å²) in [6, 6.07) is 13.2. The molecule has 180 valence electrons. The molecule has 7 nitrogen and oxygen atoms in total. The number of aliphatic imine (C=N–C) groups is 2. The Morgan fingerprint density at radius 3 is 2.47 bits per heavy atom. The molecule has 0 bridgehead atoms. The predicted octanol–water partition coefficient (Wildman–Crippen LogP) is 3.78. The Labute approximate surface area is 200 Å². The topological polar surface area (TPSA) is 60.7 Å². The maximum Gasteiger partial charge on any atom is 0.313 e. The van der Waals surface area contributed by atoms with Gasteiger partial charge in [0.2, 0.25) is 0 Å². The zero-order valence-electron chi connectivity index (χ0n) is 20.0. The molecular formula is C26H32FN5O2.